The molecule has 0 atom stereocenters. The highest BCUT2D eigenvalue weighted by Crippen LogP contribution is 2.12. The van der Waals surface area contributed by atoms with E-state index >= 15 is 0 Å². The summed E-state index contributed by atoms with van der Waals surface area (Å²) < 4.78 is 0. The first-order chi connectivity index (χ1) is 6.79. The van der Waals surface area contributed by atoms with Gasteiger partial charge in [0.1, 0.15) is 0 Å². The smallest absolute Gasteiger partial charge is 0.0194 e. The van der Waals surface area contributed by atoms with Gasteiger partial charge in [-0.15, -0.1) is 0 Å². The van der Waals surface area contributed by atoms with Gasteiger partial charge in [0, 0.05) is 0 Å². The molecule has 14 heavy (non-hydrogen) atoms. The molecule has 0 fully saturated rings. The maximum Gasteiger partial charge on any atom is -0.0194 e. The van der Waals surface area contributed by atoms with Gasteiger partial charge in [0.05, 0.1) is 0 Å². The van der Waals surface area contributed by atoms with E-state index in [1.54, 1.807) is 6.08 Å². The Morgan fingerprint density at radius 3 is 1.86 bits per heavy atom. The fourth-order valence-corrected chi connectivity index (χ4v) is 0.948. The van der Waals surface area contributed by atoms with E-state index < -0.39 is 0 Å². The van der Waals surface area contributed by atoms with E-state index in [0.717, 1.165) is 5.57 Å². The van der Waals surface area contributed by atoms with Gasteiger partial charge in [-0.1, -0.05) is 63.5 Å². The molecule has 0 aromatic rings. The first-order valence-corrected chi connectivity index (χ1v) is 5.04. The minimum atomic E-state index is 1.10. The Morgan fingerprint density at radius 1 is 1.00 bits per heavy atom. The molecule has 0 unspecified atom stereocenters. The van der Waals surface area contributed by atoms with Gasteiger partial charge in [-0.25, -0.2) is 0 Å². The first-order valence-electron chi connectivity index (χ1n) is 5.04. The Labute approximate surface area is 89.0 Å². The summed E-state index contributed by atoms with van der Waals surface area (Å²) in [6.45, 7) is 15.4. The van der Waals surface area contributed by atoms with Gasteiger partial charge < -0.3 is 0 Å². The van der Waals surface area contributed by atoms with Crippen molar-refractivity contribution in [1.82, 2.24) is 0 Å². The molecule has 0 heteroatoms. The lowest BCUT2D eigenvalue weighted by molar-refractivity contribution is 1.49. The van der Waals surface area contributed by atoms with Crippen LogP contribution in [0.2, 0.25) is 0 Å². The minimum Gasteiger partial charge on any atom is -0.0990 e. The van der Waals surface area contributed by atoms with Crippen molar-refractivity contribution in [2.24, 2.45) is 0 Å². The predicted molar refractivity (Wildman–Crippen MR) is 68.4 cm³/mol. The van der Waals surface area contributed by atoms with Crippen LogP contribution in [-0.2, 0) is 0 Å². The average molecular weight is 190 g/mol. The van der Waals surface area contributed by atoms with Gasteiger partial charge >= 0.3 is 0 Å². The zero-order chi connectivity index (χ0) is 11.4. The molecule has 0 bridgehead atoms. The second-order valence-corrected chi connectivity index (χ2v) is 2.31. The van der Waals surface area contributed by atoms with Gasteiger partial charge in [-0.3, -0.25) is 0 Å². The molecule has 0 aromatic heterocycles. The molecule has 0 nitrogen and oxygen atoms in total. The first kappa shape index (κ1) is 15.2. The van der Waals surface area contributed by atoms with Crippen LogP contribution in [-0.4, -0.2) is 0 Å². The van der Waals surface area contributed by atoms with Crippen LogP contribution in [0.15, 0.2) is 60.8 Å². The molecule has 0 aliphatic rings. The van der Waals surface area contributed by atoms with Crippen molar-refractivity contribution < 1.29 is 0 Å². The van der Waals surface area contributed by atoms with Gasteiger partial charge in [0.2, 0.25) is 0 Å². The molecular formula is C14H22. The summed E-state index contributed by atoms with van der Waals surface area (Å²) in [4.78, 5) is 0. The number of hydrogen-bond acceptors (Lipinski definition) is 0. The molecule has 0 spiro atoms. The summed E-state index contributed by atoms with van der Waals surface area (Å²) in [7, 11) is 0. The summed E-state index contributed by atoms with van der Waals surface area (Å²) in [5.74, 6) is 0. The number of hydrogen-bond donors (Lipinski definition) is 0. The third-order valence-corrected chi connectivity index (χ3v) is 1.51. The van der Waals surface area contributed by atoms with Crippen LogP contribution in [0, 0.1) is 0 Å². The van der Waals surface area contributed by atoms with Crippen molar-refractivity contribution in [3.63, 3.8) is 0 Å². The monoisotopic (exact) mass is 190 g/mol. The average Bonchev–Trinajstić information content (AvgIpc) is 2.26. The summed E-state index contributed by atoms with van der Waals surface area (Å²) in [6, 6.07) is 0. The Bertz CT molecular complexity index is 237. The fourth-order valence-electron chi connectivity index (χ4n) is 0.948. The minimum absolute atomic E-state index is 1.10. The van der Waals surface area contributed by atoms with Gasteiger partial charge in [0.15, 0.2) is 0 Å². The zero-order valence-corrected chi connectivity index (χ0v) is 9.88. The van der Waals surface area contributed by atoms with Crippen LogP contribution in [0.5, 0.6) is 0 Å². The van der Waals surface area contributed by atoms with E-state index in [0.29, 0.717) is 0 Å². The van der Waals surface area contributed by atoms with Crippen LogP contribution < -0.4 is 0 Å². The van der Waals surface area contributed by atoms with Crippen LogP contribution >= 0.6 is 0 Å². The normalized spacial score (nSPS) is 12.0. The largest absolute Gasteiger partial charge is 0.0990 e. The Hall–Kier alpha value is -1.30. The van der Waals surface area contributed by atoms with E-state index in [9.17, 15) is 0 Å². The standard InChI is InChI=1S/C12H16.C2H6/c1-5-9-11(7-3)12(8-4)10-6-2;1-2/h5-10H,1,3H2,2,4H3;1-2H3/b10-6-,11-9+,12-8+;. The van der Waals surface area contributed by atoms with Gasteiger partial charge in [-0.2, -0.15) is 0 Å². The summed E-state index contributed by atoms with van der Waals surface area (Å²) in [5, 5.41) is 0. The SMILES string of the molecule is C=C/C=C(C=C)/C(/C=C\C)=C/C.CC. The topological polar surface area (TPSA) is 0 Å². The Balaban J connectivity index is 0. The summed E-state index contributed by atoms with van der Waals surface area (Å²) >= 11 is 0. The lowest BCUT2D eigenvalue weighted by atomic mass is 10.1. The molecule has 78 valence electrons. The van der Waals surface area contributed by atoms with E-state index in [4.69, 9.17) is 0 Å². The van der Waals surface area contributed by atoms with Crippen molar-refractivity contribution in [3.8, 4) is 0 Å². The van der Waals surface area contributed by atoms with Crippen molar-refractivity contribution in [2.75, 3.05) is 0 Å². The van der Waals surface area contributed by atoms with E-state index in [2.05, 4.69) is 25.3 Å². The molecule has 0 amide bonds. The van der Waals surface area contributed by atoms with Gasteiger partial charge in [0.25, 0.3) is 0 Å². The third kappa shape index (κ3) is 6.24. The van der Waals surface area contributed by atoms with Crippen molar-refractivity contribution in [3.05, 3.63) is 60.8 Å². The summed E-state index contributed by atoms with van der Waals surface area (Å²) in [5.41, 5.74) is 2.28. The molecule has 0 N–H and O–H groups in total. The number of rotatable bonds is 4. The molecule has 0 aromatic carbocycles. The van der Waals surface area contributed by atoms with Crippen LogP contribution in [0.4, 0.5) is 0 Å². The van der Waals surface area contributed by atoms with E-state index in [1.165, 1.54) is 5.57 Å². The molecule has 0 aliphatic heterocycles. The predicted octanol–water partition coefficient (Wildman–Crippen LogP) is 4.83. The van der Waals surface area contributed by atoms with Gasteiger partial charge in [-0.05, 0) is 25.0 Å². The molecule has 0 radical (unpaired) electrons. The molecule has 0 heterocycles. The Kier molecular flexibility index (Phi) is 12.7. The van der Waals surface area contributed by atoms with Crippen molar-refractivity contribution in [2.45, 2.75) is 27.7 Å². The lowest BCUT2D eigenvalue weighted by Crippen LogP contribution is -1.80. The van der Waals surface area contributed by atoms with E-state index in [-0.39, 0.29) is 0 Å². The number of allylic oxidation sites excluding steroid dienone is 8. The maximum absolute atomic E-state index is 3.74. The maximum atomic E-state index is 3.74. The van der Waals surface area contributed by atoms with Crippen LogP contribution in [0.25, 0.3) is 0 Å². The third-order valence-electron chi connectivity index (χ3n) is 1.51. The summed E-state index contributed by atoms with van der Waals surface area (Å²) in [6.07, 6.45) is 11.7. The molecule has 0 rings (SSSR count). The van der Waals surface area contributed by atoms with E-state index in [1.807, 2.05) is 45.9 Å². The molecular weight excluding hydrogens is 168 g/mol. The highest BCUT2D eigenvalue weighted by atomic mass is 14.0. The molecule has 0 saturated heterocycles. The molecule has 0 saturated carbocycles. The van der Waals surface area contributed by atoms with Crippen molar-refractivity contribution >= 4 is 0 Å². The highest BCUT2D eigenvalue weighted by molar-refractivity contribution is 5.46. The lowest BCUT2D eigenvalue weighted by Gasteiger charge is -2.00. The zero-order valence-electron chi connectivity index (χ0n) is 9.88. The van der Waals surface area contributed by atoms with Crippen molar-refractivity contribution in [1.29, 1.82) is 0 Å². The highest BCUT2D eigenvalue weighted by Gasteiger charge is 1.92. The fraction of sp³-hybridized carbons (Fsp3) is 0.286. The van der Waals surface area contributed by atoms with Crippen LogP contribution in [0.3, 0.4) is 0 Å². The molecule has 0 aliphatic carbocycles. The Morgan fingerprint density at radius 2 is 1.57 bits per heavy atom. The quantitative estimate of drug-likeness (QED) is 0.557. The second-order valence-electron chi connectivity index (χ2n) is 2.31. The van der Waals surface area contributed by atoms with Crippen LogP contribution in [0.1, 0.15) is 27.7 Å². The second kappa shape index (κ2) is 11.7.